The van der Waals surface area contributed by atoms with Crippen molar-refractivity contribution < 1.29 is 31.5 Å². The number of fused-ring (bicyclic) bond motifs is 1. The van der Waals surface area contributed by atoms with Crippen molar-refractivity contribution in [3.8, 4) is 22.5 Å². The molecule has 0 amide bonds. The number of carboxylic acid groups (broad SMARTS) is 1. The summed E-state index contributed by atoms with van der Waals surface area (Å²) in [5, 5.41) is 8.69. The van der Waals surface area contributed by atoms with Crippen molar-refractivity contribution in [3.63, 3.8) is 0 Å². The maximum atomic E-state index is 12.9. The highest BCUT2D eigenvalue weighted by Gasteiger charge is 2.30. The molecular weight excluding hydrogens is 457 g/mol. The second kappa shape index (κ2) is 8.36. The van der Waals surface area contributed by atoms with Gasteiger partial charge in [-0.05, 0) is 41.5 Å². The molecule has 0 aliphatic heterocycles. The van der Waals surface area contributed by atoms with Crippen LogP contribution in [0.4, 0.5) is 13.2 Å². The zero-order valence-electron chi connectivity index (χ0n) is 16.9. The Kier molecular flexibility index (Phi) is 5.71. The highest BCUT2D eigenvalue weighted by molar-refractivity contribution is 7.91. The van der Waals surface area contributed by atoms with Crippen LogP contribution in [0.1, 0.15) is 12.0 Å². The molecule has 4 rings (SSSR count). The van der Waals surface area contributed by atoms with Gasteiger partial charge in [-0.3, -0.25) is 4.79 Å². The topological polar surface area (TPSA) is 100 Å². The molecule has 0 atom stereocenters. The predicted molar refractivity (Wildman–Crippen MR) is 116 cm³/mol. The minimum absolute atomic E-state index is 0.0459. The Balaban J connectivity index is 1.55. The maximum absolute atomic E-state index is 12.9. The highest BCUT2D eigenvalue weighted by Crippen LogP contribution is 2.32. The third-order valence-electron chi connectivity index (χ3n) is 5.10. The zero-order valence-corrected chi connectivity index (χ0v) is 17.7. The molecule has 0 saturated carbocycles. The van der Waals surface area contributed by atoms with Crippen molar-refractivity contribution in [2.75, 3.05) is 5.75 Å². The molecule has 0 spiro atoms. The number of aliphatic carboxylic acids is 1. The number of imidazole rings is 1. The van der Waals surface area contributed by atoms with Crippen LogP contribution < -0.4 is 0 Å². The predicted octanol–water partition coefficient (Wildman–Crippen LogP) is 5.16. The van der Waals surface area contributed by atoms with Gasteiger partial charge in [-0.2, -0.15) is 13.2 Å². The van der Waals surface area contributed by atoms with E-state index in [1.54, 1.807) is 36.4 Å². The molecule has 10 heteroatoms. The van der Waals surface area contributed by atoms with Crippen LogP contribution in [0.3, 0.4) is 0 Å². The van der Waals surface area contributed by atoms with E-state index in [4.69, 9.17) is 5.11 Å². The van der Waals surface area contributed by atoms with Gasteiger partial charge >= 0.3 is 12.1 Å². The molecule has 0 bridgehead atoms. The molecule has 3 aromatic carbocycles. The first-order valence-electron chi connectivity index (χ1n) is 9.75. The SMILES string of the molecule is O=C(O)CCS(=O)(=O)c1ccc(-c2ccc(-c3nc4cc(C(F)(F)F)ccc4[nH]3)cc2)cc1. The van der Waals surface area contributed by atoms with E-state index in [1.165, 1.54) is 18.2 Å². The van der Waals surface area contributed by atoms with Crippen LogP contribution in [0.15, 0.2) is 71.6 Å². The van der Waals surface area contributed by atoms with Crippen molar-refractivity contribution in [3.05, 3.63) is 72.3 Å². The van der Waals surface area contributed by atoms with E-state index >= 15 is 0 Å². The van der Waals surface area contributed by atoms with E-state index in [9.17, 15) is 26.4 Å². The molecule has 0 aliphatic carbocycles. The number of carbonyl (C=O) groups is 1. The van der Waals surface area contributed by atoms with Gasteiger partial charge in [0.05, 0.1) is 33.7 Å². The Morgan fingerprint density at radius 2 is 1.48 bits per heavy atom. The number of carboxylic acids is 1. The van der Waals surface area contributed by atoms with Gasteiger partial charge in [0.15, 0.2) is 9.84 Å². The van der Waals surface area contributed by atoms with Gasteiger partial charge in [0.1, 0.15) is 5.82 Å². The molecule has 1 aromatic heterocycles. The minimum atomic E-state index is -4.44. The number of aromatic amines is 1. The van der Waals surface area contributed by atoms with Crippen LogP contribution in [0.5, 0.6) is 0 Å². The molecule has 1 heterocycles. The monoisotopic (exact) mass is 474 g/mol. The first kappa shape index (κ1) is 22.5. The summed E-state index contributed by atoms with van der Waals surface area (Å²) in [5.74, 6) is -1.23. The van der Waals surface area contributed by atoms with E-state index in [-0.39, 0.29) is 10.4 Å². The summed E-state index contributed by atoms with van der Waals surface area (Å²) < 4.78 is 63.1. The summed E-state index contributed by atoms with van der Waals surface area (Å²) in [6.45, 7) is 0. The quantitative estimate of drug-likeness (QED) is 0.402. The normalized spacial score (nSPS) is 12.2. The van der Waals surface area contributed by atoms with Gasteiger partial charge < -0.3 is 10.1 Å². The lowest BCUT2D eigenvalue weighted by Crippen LogP contribution is -2.10. The van der Waals surface area contributed by atoms with Crippen molar-refractivity contribution in [2.24, 2.45) is 0 Å². The van der Waals surface area contributed by atoms with E-state index < -0.39 is 39.7 Å². The second-order valence-electron chi connectivity index (χ2n) is 7.38. The largest absolute Gasteiger partial charge is 0.481 e. The van der Waals surface area contributed by atoms with Crippen molar-refractivity contribution in [2.45, 2.75) is 17.5 Å². The molecule has 33 heavy (non-hydrogen) atoms. The average molecular weight is 474 g/mol. The molecule has 0 saturated heterocycles. The molecular formula is C23H17F3N2O4S. The summed E-state index contributed by atoms with van der Waals surface area (Å²) in [7, 11) is -3.69. The van der Waals surface area contributed by atoms with Crippen molar-refractivity contribution >= 4 is 26.8 Å². The molecule has 2 N–H and O–H groups in total. The Labute approximate surface area is 186 Å². The van der Waals surface area contributed by atoms with E-state index in [2.05, 4.69) is 9.97 Å². The molecule has 4 aromatic rings. The number of hydrogen-bond acceptors (Lipinski definition) is 4. The fraction of sp³-hybridized carbons (Fsp3) is 0.130. The number of aromatic nitrogens is 2. The van der Waals surface area contributed by atoms with Gasteiger partial charge in [0, 0.05) is 5.56 Å². The van der Waals surface area contributed by atoms with Crippen LogP contribution in [0.25, 0.3) is 33.5 Å². The number of hydrogen-bond donors (Lipinski definition) is 2. The number of rotatable bonds is 6. The number of nitrogens with one attached hydrogen (secondary N) is 1. The number of H-pyrrole nitrogens is 1. The zero-order chi connectivity index (χ0) is 23.8. The summed E-state index contributed by atoms with van der Waals surface area (Å²) in [4.78, 5) is 18.0. The van der Waals surface area contributed by atoms with Gasteiger partial charge in [0.25, 0.3) is 0 Å². The number of benzene rings is 3. The van der Waals surface area contributed by atoms with Gasteiger partial charge in [0.2, 0.25) is 0 Å². The second-order valence-corrected chi connectivity index (χ2v) is 9.49. The summed E-state index contributed by atoms with van der Waals surface area (Å²) in [6, 6.07) is 16.5. The van der Waals surface area contributed by atoms with Crippen LogP contribution in [-0.4, -0.2) is 35.2 Å². The van der Waals surface area contributed by atoms with Crippen LogP contribution in [0, 0.1) is 0 Å². The molecule has 170 valence electrons. The fourth-order valence-corrected chi connectivity index (χ4v) is 4.56. The lowest BCUT2D eigenvalue weighted by molar-refractivity contribution is -0.138. The summed E-state index contributed by atoms with van der Waals surface area (Å²) in [5.41, 5.74) is 2.15. The lowest BCUT2D eigenvalue weighted by Gasteiger charge is -2.06. The third kappa shape index (κ3) is 4.90. The molecule has 0 unspecified atom stereocenters. The summed E-state index contributed by atoms with van der Waals surface area (Å²) in [6.07, 6.45) is -4.91. The average Bonchev–Trinajstić information content (AvgIpc) is 3.21. The Hall–Kier alpha value is -3.66. The fourth-order valence-electron chi connectivity index (χ4n) is 3.33. The highest BCUT2D eigenvalue weighted by atomic mass is 32.2. The van der Waals surface area contributed by atoms with Gasteiger partial charge in [-0.1, -0.05) is 36.4 Å². The van der Waals surface area contributed by atoms with Gasteiger partial charge in [-0.25, -0.2) is 13.4 Å². The van der Waals surface area contributed by atoms with E-state index in [1.807, 2.05) is 0 Å². The number of sulfone groups is 1. The van der Waals surface area contributed by atoms with Crippen LogP contribution in [-0.2, 0) is 20.8 Å². The number of nitrogens with zero attached hydrogens (tertiary/aromatic N) is 1. The first-order chi connectivity index (χ1) is 15.5. The van der Waals surface area contributed by atoms with Crippen molar-refractivity contribution in [1.82, 2.24) is 9.97 Å². The first-order valence-corrected chi connectivity index (χ1v) is 11.4. The van der Waals surface area contributed by atoms with E-state index in [0.717, 1.165) is 23.3 Å². The number of halogens is 3. The number of alkyl halides is 3. The molecule has 0 fully saturated rings. The molecule has 0 aliphatic rings. The molecule has 0 radical (unpaired) electrons. The maximum Gasteiger partial charge on any atom is 0.416 e. The molecule has 6 nitrogen and oxygen atoms in total. The lowest BCUT2D eigenvalue weighted by atomic mass is 10.0. The third-order valence-corrected chi connectivity index (χ3v) is 6.83. The smallest absolute Gasteiger partial charge is 0.416 e. The van der Waals surface area contributed by atoms with Crippen LogP contribution in [0.2, 0.25) is 0 Å². The van der Waals surface area contributed by atoms with E-state index in [0.29, 0.717) is 16.9 Å². The Morgan fingerprint density at radius 3 is 2.06 bits per heavy atom. The minimum Gasteiger partial charge on any atom is -0.481 e. The van der Waals surface area contributed by atoms with Crippen LogP contribution >= 0.6 is 0 Å². The standard InChI is InChI=1S/C23H17F3N2O4S/c24-23(25,26)17-7-10-19-20(13-17)28-22(27-19)16-3-1-14(2-4-16)15-5-8-18(9-6-15)33(31,32)12-11-21(29)30/h1-10,13H,11-12H2,(H,27,28)(H,29,30). The van der Waals surface area contributed by atoms with Gasteiger partial charge in [-0.15, -0.1) is 0 Å². The Bertz CT molecular complexity index is 1430. The summed E-state index contributed by atoms with van der Waals surface area (Å²) >= 11 is 0. The Morgan fingerprint density at radius 1 is 0.909 bits per heavy atom. The van der Waals surface area contributed by atoms with Crippen molar-refractivity contribution in [1.29, 1.82) is 0 Å².